The minimum absolute atomic E-state index is 0.0175. The van der Waals surface area contributed by atoms with Crippen LogP contribution in [0.15, 0.2) is 18.2 Å². The van der Waals surface area contributed by atoms with Crippen LogP contribution in [-0.2, 0) is 4.74 Å². The second-order valence-corrected chi connectivity index (χ2v) is 5.97. The van der Waals surface area contributed by atoms with Crippen molar-refractivity contribution in [2.24, 2.45) is 0 Å². The van der Waals surface area contributed by atoms with Gasteiger partial charge in [-0.05, 0) is 19.4 Å². The van der Waals surface area contributed by atoms with Crippen molar-refractivity contribution in [3.8, 4) is 5.75 Å². The van der Waals surface area contributed by atoms with Crippen LogP contribution in [0.4, 0.5) is 4.39 Å². The third-order valence-electron chi connectivity index (χ3n) is 4.74. The van der Waals surface area contributed by atoms with Gasteiger partial charge in [0.25, 0.3) is 0 Å². The quantitative estimate of drug-likeness (QED) is 0.925. The lowest BCUT2D eigenvalue weighted by Crippen LogP contribution is -2.44. The van der Waals surface area contributed by atoms with Gasteiger partial charge in [0.15, 0.2) is 0 Å². The van der Waals surface area contributed by atoms with E-state index in [-0.39, 0.29) is 17.6 Å². The molecule has 2 atom stereocenters. The molecular weight excluding hydrogens is 271 g/mol. The number of morpholine rings is 1. The topological polar surface area (TPSA) is 35.9 Å². The molecule has 4 nitrogen and oxygen atoms in total. The van der Waals surface area contributed by atoms with E-state index in [0.717, 1.165) is 45.8 Å². The van der Waals surface area contributed by atoms with Crippen molar-refractivity contribution in [1.29, 1.82) is 0 Å². The van der Waals surface area contributed by atoms with Crippen molar-refractivity contribution in [3.63, 3.8) is 0 Å². The van der Waals surface area contributed by atoms with Gasteiger partial charge in [0.05, 0.1) is 13.2 Å². The summed E-state index contributed by atoms with van der Waals surface area (Å²) in [6.45, 7) is 7.64. The Labute approximate surface area is 125 Å². The highest BCUT2D eigenvalue weighted by molar-refractivity contribution is 5.29. The Morgan fingerprint density at radius 1 is 1.29 bits per heavy atom. The molecule has 0 aromatic heterocycles. The number of phenolic OH excluding ortho intramolecular Hbond substituents is 1. The first-order chi connectivity index (χ1) is 10.1. The van der Waals surface area contributed by atoms with E-state index in [2.05, 4.69) is 9.80 Å². The zero-order valence-electron chi connectivity index (χ0n) is 12.5. The fourth-order valence-corrected chi connectivity index (χ4v) is 3.41. The van der Waals surface area contributed by atoms with Crippen LogP contribution >= 0.6 is 0 Å². The zero-order valence-corrected chi connectivity index (χ0v) is 12.5. The number of phenols is 1. The van der Waals surface area contributed by atoms with Gasteiger partial charge in [-0.15, -0.1) is 0 Å². The molecule has 0 aliphatic carbocycles. The van der Waals surface area contributed by atoms with Gasteiger partial charge in [-0.25, -0.2) is 4.39 Å². The average Bonchev–Trinajstić information content (AvgIpc) is 2.97. The second-order valence-electron chi connectivity index (χ2n) is 5.97. The van der Waals surface area contributed by atoms with Crippen molar-refractivity contribution >= 4 is 0 Å². The first-order valence-corrected chi connectivity index (χ1v) is 7.69. The van der Waals surface area contributed by atoms with Crippen LogP contribution in [0.5, 0.6) is 5.75 Å². The molecule has 21 heavy (non-hydrogen) atoms. The van der Waals surface area contributed by atoms with Gasteiger partial charge < -0.3 is 9.84 Å². The van der Waals surface area contributed by atoms with E-state index >= 15 is 0 Å². The maximum Gasteiger partial charge on any atom is 0.131 e. The van der Waals surface area contributed by atoms with E-state index in [1.54, 1.807) is 12.1 Å². The van der Waals surface area contributed by atoms with Gasteiger partial charge in [0.2, 0.25) is 0 Å². The molecule has 1 N–H and O–H groups in total. The molecule has 2 fully saturated rings. The predicted molar refractivity (Wildman–Crippen MR) is 78.8 cm³/mol. The largest absolute Gasteiger partial charge is 0.508 e. The lowest BCUT2D eigenvalue weighted by Gasteiger charge is -2.33. The lowest BCUT2D eigenvalue weighted by molar-refractivity contribution is 0.0177. The normalized spacial score (nSPS) is 26.1. The summed E-state index contributed by atoms with van der Waals surface area (Å²) in [5, 5.41) is 9.32. The molecule has 0 saturated carbocycles. The summed E-state index contributed by atoms with van der Waals surface area (Å²) >= 11 is 0. The summed E-state index contributed by atoms with van der Waals surface area (Å²) in [7, 11) is 0. The number of benzene rings is 1. The van der Waals surface area contributed by atoms with Crippen LogP contribution in [0.2, 0.25) is 0 Å². The number of rotatable bonds is 3. The number of hydrogen-bond acceptors (Lipinski definition) is 4. The monoisotopic (exact) mass is 294 g/mol. The van der Waals surface area contributed by atoms with Crippen molar-refractivity contribution in [2.45, 2.75) is 25.4 Å². The zero-order chi connectivity index (χ0) is 14.8. The fourth-order valence-electron chi connectivity index (χ4n) is 3.41. The molecule has 0 radical (unpaired) electrons. The number of aromatic hydroxyl groups is 1. The molecule has 5 heteroatoms. The summed E-state index contributed by atoms with van der Waals surface area (Å²) in [6, 6.07) is 5.04. The summed E-state index contributed by atoms with van der Waals surface area (Å²) in [5.41, 5.74) is 0.662. The number of likely N-dealkylation sites (tertiary alicyclic amines) is 1. The Morgan fingerprint density at radius 3 is 2.76 bits per heavy atom. The predicted octanol–water partition coefficient (Wildman–Crippen LogP) is 2.00. The lowest BCUT2D eigenvalue weighted by atomic mass is 10.1. The standard InChI is InChI=1S/C16H23FN2O2/c1-12(15-3-2-14(20)10-16(15)17)19-5-4-13(11-19)18-6-8-21-9-7-18/h2-3,10,12-13,20H,4-9,11H2,1H3. The van der Waals surface area contributed by atoms with Crippen LogP contribution in [0.3, 0.4) is 0 Å². The number of halogens is 1. The van der Waals surface area contributed by atoms with Gasteiger partial charge in [-0.3, -0.25) is 9.80 Å². The summed E-state index contributed by atoms with van der Waals surface area (Å²) in [6.07, 6.45) is 1.13. The molecule has 3 rings (SSSR count). The third kappa shape index (κ3) is 3.20. The van der Waals surface area contributed by atoms with E-state index in [9.17, 15) is 9.50 Å². The first kappa shape index (κ1) is 14.8. The van der Waals surface area contributed by atoms with Crippen LogP contribution in [0.25, 0.3) is 0 Å². The van der Waals surface area contributed by atoms with Gasteiger partial charge in [-0.1, -0.05) is 6.07 Å². The number of ether oxygens (including phenoxy) is 1. The summed E-state index contributed by atoms with van der Waals surface area (Å²) in [4.78, 5) is 4.82. The molecule has 1 aromatic rings. The van der Waals surface area contributed by atoms with Crippen LogP contribution in [0, 0.1) is 5.82 Å². The smallest absolute Gasteiger partial charge is 0.131 e. The van der Waals surface area contributed by atoms with Gasteiger partial charge >= 0.3 is 0 Å². The van der Waals surface area contributed by atoms with E-state index in [0.29, 0.717) is 11.6 Å². The highest BCUT2D eigenvalue weighted by Gasteiger charge is 2.32. The molecule has 2 unspecified atom stereocenters. The van der Waals surface area contributed by atoms with E-state index in [4.69, 9.17) is 4.74 Å². The van der Waals surface area contributed by atoms with Crippen LogP contribution < -0.4 is 0 Å². The molecular formula is C16H23FN2O2. The van der Waals surface area contributed by atoms with Crippen molar-refractivity contribution in [2.75, 3.05) is 39.4 Å². The Hall–Kier alpha value is -1.17. The van der Waals surface area contributed by atoms with Crippen molar-refractivity contribution in [3.05, 3.63) is 29.6 Å². The molecule has 0 spiro atoms. The van der Waals surface area contributed by atoms with Gasteiger partial charge in [0, 0.05) is 49.9 Å². The van der Waals surface area contributed by atoms with E-state index in [1.807, 2.05) is 6.92 Å². The first-order valence-electron chi connectivity index (χ1n) is 7.69. The molecule has 2 aliphatic heterocycles. The molecule has 2 aliphatic rings. The van der Waals surface area contributed by atoms with Crippen molar-refractivity contribution < 1.29 is 14.2 Å². The highest BCUT2D eigenvalue weighted by atomic mass is 19.1. The molecule has 0 amide bonds. The Kier molecular flexibility index (Phi) is 4.42. The molecule has 2 saturated heterocycles. The second kappa shape index (κ2) is 6.30. The maximum absolute atomic E-state index is 14.0. The average molecular weight is 294 g/mol. The highest BCUT2D eigenvalue weighted by Crippen LogP contribution is 2.29. The molecule has 1 aromatic carbocycles. The van der Waals surface area contributed by atoms with Crippen LogP contribution in [0.1, 0.15) is 24.9 Å². The SMILES string of the molecule is CC(c1ccc(O)cc1F)N1CCC(N2CCOCC2)C1. The maximum atomic E-state index is 14.0. The van der Waals surface area contributed by atoms with Crippen LogP contribution in [-0.4, -0.2) is 60.3 Å². The Morgan fingerprint density at radius 2 is 2.05 bits per heavy atom. The number of nitrogens with zero attached hydrogens (tertiary/aromatic N) is 2. The molecule has 116 valence electrons. The fraction of sp³-hybridized carbons (Fsp3) is 0.625. The Bertz CT molecular complexity index is 491. The van der Waals surface area contributed by atoms with E-state index < -0.39 is 0 Å². The van der Waals surface area contributed by atoms with Gasteiger partial charge in [0.1, 0.15) is 11.6 Å². The Balaban J connectivity index is 1.64. The third-order valence-corrected chi connectivity index (χ3v) is 4.74. The van der Waals surface area contributed by atoms with E-state index in [1.165, 1.54) is 6.07 Å². The van der Waals surface area contributed by atoms with Crippen molar-refractivity contribution in [1.82, 2.24) is 9.80 Å². The molecule has 0 bridgehead atoms. The van der Waals surface area contributed by atoms with Gasteiger partial charge in [-0.2, -0.15) is 0 Å². The number of hydrogen-bond donors (Lipinski definition) is 1. The summed E-state index contributed by atoms with van der Waals surface area (Å²) in [5.74, 6) is -0.339. The minimum atomic E-state index is -0.322. The summed E-state index contributed by atoms with van der Waals surface area (Å²) < 4.78 is 19.4. The molecule has 2 heterocycles. The minimum Gasteiger partial charge on any atom is -0.508 e.